The zero-order chi connectivity index (χ0) is 23.8. The average Bonchev–Trinajstić information content (AvgIpc) is 3.23. The van der Waals surface area contributed by atoms with Crippen molar-refractivity contribution in [1.29, 1.82) is 0 Å². The Labute approximate surface area is 195 Å². The molecule has 34 heavy (non-hydrogen) atoms. The van der Waals surface area contributed by atoms with E-state index >= 15 is 0 Å². The summed E-state index contributed by atoms with van der Waals surface area (Å²) in [6, 6.07) is 17.4. The van der Waals surface area contributed by atoms with Crippen LogP contribution in [0.2, 0.25) is 0 Å². The van der Waals surface area contributed by atoms with Gasteiger partial charge in [0, 0.05) is 26.3 Å². The number of benzene rings is 2. The predicted molar refractivity (Wildman–Crippen MR) is 132 cm³/mol. The van der Waals surface area contributed by atoms with E-state index in [9.17, 15) is 9.59 Å². The third kappa shape index (κ3) is 3.83. The van der Waals surface area contributed by atoms with Crippen molar-refractivity contribution in [3.05, 3.63) is 75.4 Å². The lowest BCUT2D eigenvalue weighted by molar-refractivity contribution is 0.483. The van der Waals surface area contributed by atoms with Crippen molar-refractivity contribution in [2.45, 2.75) is 13.5 Å². The van der Waals surface area contributed by atoms with Gasteiger partial charge in [-0.15, -0.1) is 0 Å². The Balaban J connectivity index is 1.32. The second-order valence-corrected chi connectivity index (χ2v) is 8.20. The van der Waals surface area contributed by atoms with Gasteiger partial charge in [0.1, 0.15) is 11.5 Å². The molecular formula is C24H25N7O3. The van der Waals surface area contributed by atoms with Crippen LogP contribution in [0.1, 0.15) is 6.92 Å². The number of nitrogens with zero attached hydrogens (tertiary/aromatic N) is 6. The topological polar surface area (TPSA) is 98.7 Å². The molecule has 2 aromatic heterocycles. The van der Waals surface area contributed by atoms with Crippen LogP contribution >= 0.6 is 0 Å². The van der Waals surface area contributed by atoms with Crippen LogP contribution in [-0.4, -0.2) is 37.5 Å². The van der Waals surface area contributed by atoms with Gasteiger partial charge in [0.05, 0.1) is 18.8 Å². The molecule has 10 nitrogen and oxygen atoms in total. The Hall–Kier alpha value is -4.34. The van der Waals surface area contributed by atoms with E-state index in [4.69, 9.17) is 4.74 Å². The number of rotatable bonds is 6. The molecule has 1 aliphatic heterocycles. The van der Waals surface area contributed by atoms with Gasteiger partial charge in [-0.05, 0) is 43.3 Å². The van der Waals surface area contributed by atoms with Gasteiger partial charge in [0.15, 0.2) is 11.2 Å². The summed E-state index contributed by atoms with van der Waals surface area (Å²) in [6.45, 7) is 3.48. The van der Waals surface area contributed by atoms with Crippen molar-refractivity contribution in [3.8, 4) is 11.5 Å². The fourth-order valence-corrected chi connectivity index (χ4v) is 4.01. The van der Waals surface area contributed by atoms with Crippen molar-refractivity contribution in [1.82, 2.24) is 18.7 Å². The Bertz CT molecular complexity index is 1500. The first-order valence-electron chi connectivity index (χ1n) is 11.0. The summed E-state index contributed by atoms with van der Waals surface area (Å²) in [5, 5.41) is 9.77. The van der Waals surface area contributed by atoms with Crippen LogP contribution in [0, 0.1) is 0 Å². The van der Waals surface area contributed by atoms with Gasteiger partial charge in [0.25, 0.3) is 5.56 Å². The van der Waals surface area contributed by atoms with Crippen molar-refractivity contribution in [2.75, 3.05) is 23.4 Å². The number of nitrogens with one attached hydrogen (secondary N) is 1. The molecule has 174 valence electrons. The highest BCUT2D eigenvalue weighted by atomic mass is 16.5. The van der Waals surface area contributed by atoms with Crippen molar-refractivity contribution < 1.29 is 4.74 Å². The summed E-state index contributed by atoms with van der Waals surface area (Å²) in [6.07, 6.45) is 0. The van der Waals surface area contributed by atoms with Crippen molar-refractivity contribution in [2.24, 2.45) is 19.2 Å². The molecule has 0 unspecified atom stereocenters. The van der Waals surface area contributed by atoms with E-state index in [2.05, 4.69) is 15.4 Å². The normalized spacial score (nSPS) is 13.0. The van der Waals surface area contributed by atoms with E-state index in [0.29, 0.717) is 36.7 Å². The van der Waals surface area contributed by atoms with Gasteiger partial charge in [-0.25, -0.2) is 9.80 Å². The fraction of sp³-hybridized carbons (Fsp3) is 0.250. The molecule has 0 fully saturated rings. The molecule has 2 aromatic carbocycles. The maximum Gasteiger partial charge on any atom is 0.332 e. The highest BCUT2D eigenvalue weighted by Gasteiger charge is 2.25. The molecule has 0 atom stereocenters. The minimum absolute atomic E-state index is 0.359. The number of hydrogen-bond acceptors (Lipinski definition) is 7. The molecule has 1 N–H and O–H groups in total. The van der Waals surface area contributed by atoms with Gasteiger partial charge in [-0.2, -0.15) is 10.1 Å². The van der Waals surface area contributed by atoms with Crippen LogP contribution in [0.15, 0.2) is 69.3 Å². The molecule has 3 heterocycles. The van der Waals surface area contributed by atoms with Crippen LogP contribution < -0.4 is 26.3 Å². The maximum absolute atomic E-state index is 12.8. The number of imidazole rings is 1. The van der Waals surface area contributed by atoms with E-state index in [1.165, 1.54) is 11.6 Å². The van der Waals surface area contributed by atoms with Gasteiger partial charge >= 0.3 is 5.69 Å². The molecule has 5 rings (SSSR count). The molecule has 10 heteroatoms. The summed E-state index contributed by atoms with van der Waals surface area (Å²) in [7, 11) is 3.10. The molecule has 4 aromatic rings. The van der Waals surface area contributed by atoms with Crippen molar-refractivity contribution >= 4 is 28.5 Å². The number of aromatic nitrogens is 4. The third-order valence-electron chi connectivity index (χ3n) is 5.72. The number of aryl methyl sites for hydroxylation is 1. The monoisotopic (exact) mass is 459 g/mol. The van der Waals surface area contributed by atoms with E-state index < -0.39 is 5.69 Å². The zero-order valence-corrected chi connectivity index (χ0v) is 19.2. The lowest BCUT2D eigenvalue weighted by Gasteiger charge is -2.25. The number of ether oxygens (including phenoxy) is 1. The van der Waals surface area contributed by atoms with E-state index in [1.54, 1.807) is 12.1 Å². The second-order valence-electron chi connectivity index (χ2n) is 8.20. The molecule has 0 amide bonds. The molecule has 0 saturated carbocycles. The highest BCUT2D eigenvalue weighted by Crippen LogP contribution is 2.24. The maximum atomic E-state index is 12.8. The summed E-state index contributed by atoms with van der Waals surface area (Å²) in [5.41, 5.74) is 1.80. The Morgan fingerprint density at radius 1 is 0.971 bits per heavy atom. The SMILES string of the molecule is CC1=NN(CCNc2ccc(Oc3ccccc3)cc2)c2nc3c(c(=O)n(C)c(=O)n3C)n2C1. The average molecular weight is 460 g/mol. The largest absolute Gasteiger partial charge is 0.457 e. The molecule has 0 radical (unpaired) electrons. The first kappa shape index (κ1) is 21.5. The number of fused-ring (bicyclic) bond motifs is 3. The summed E-state index contributed by atoms with van der Waals surface area (Å²) in [5.74, 6) is 2.10. The van der Waals surface area contributed by atoms with Gasteiger partial charge in [-0.3, -0.25) is 18.5 Å². The van der Waals surface area contributed by atoms with Crippen LogP contribution in [0.5, 0.6) is 11.5 Å². The number of para-hydroxylation sites is 1. The van der Waals surface area contributed by atoms with Crippen LogP contribution in [-0.2, 0) is 20.6 Å². The smallest absolute Gasteiger partial charge is 0.332 e. The van der Waals surface area contributed by atoms with Crippen LogP contribution in [0.25, 0.3) is 11.2 Å². The molecule has 0 saturated heterocycles. The second kappa shape index (κ2) is 8.54. The molecule has 0 aliphatic carbocycles. The summed E-state index contributed by atoms with van der Waals surface area (Å²) in [4.78, 5) is 29.7. The number of hydrogen-bond donors (Lipinski definition) is 1. The van der Waals surface area contributed by atoms with E-state index in [1.807, 2.05) is 66.1 Å². The zero-order valence-electron chi connectivity index (χ0n) is 19.2. The van der Waals surface area contributed by atoms with Crippen LogP contribution in [0.3, 0.4) is 0 Å². The summed E-state index contributed by atoms with van der Waals surface area (Å²) < 4.78 is 10.2. The lowest BCUT2D eigenvalue weighted by Crippen LogP contribution is -2.38. The third-order valence-corrected chi connectivity index (χ3v) is 5.72. The first-order chi connectivity index (χ1) is 16.4. The standard InChI is InChI=1S/C24H25N7O3/c1-16-15-30-20-21(28(2)24(33)29(3)22(20)32)26-23(30)31(27-16)14-13-25-17-9-11-19(12-10-17)34-18-7-5-4-6-8-18/h4-12,25H,13-15H2,1-3H3. The van der Waals surface area contributed by atoms with E-state index in [0.717, 1.165) is 27.5 Å². The summed E-state index contributed by atoms with van der Waals surface area (Å²) >= 11 is 0. The van der Waals surface area contributed by atoms with Gasteiger partial charge in [-0.1, -0.05) is 18.2 Å². The minimum atomic E-state index is -0.404. The molecule has 0 spiro atoms. The van der Waals surface area contributed by atoms with Crippen molar-refractivity contribution in [3.63, 3.8) is 0 Å². The molecule has 0 bridgehead atoms. The number of hydrazone groups is 1. The molecule has 1 aliphatic rings. The Morgan fingerprint density at radius 2 is 1.68 bits per heavy atom. The van der Waals surface area contributed by atoms with E-state index in [-0.39, 0.29) is 5.56 Å². The fourth-order valence-electron chi connectivity index (χ4n) is 4.01. The predicted octanol–water partition coefficient (Wildman–Crippen LogP) is 2.53. The quantitative estimate of drug-likeness (QED) is 0.476. The highest BCUT2D eigenvalue weighted by molar-refractivity contribution is 5.87. The number of anilines is 2. The first-order valence-corrected chi connectivity index (χ1v) is 11.0. The minimum Gasteiger partial charge on any atom is -0.457 e. The lowest BCUT2D eigenvalue weighted by atomic mass is 10.3. The van der Waals surface area contributed by atoms with Gasteiger partial charge < -0.3 is 10.1 Å². The molecular weight excluding hydrogens is 434 g/mol. The van der Waals surface area contributed by atoms with Gasteiger partial charge in [0.2, 0.25) is 5.95 Å². The Kier molecular flexibility index (Phi) is 5.40. The Morgan fingerprint density at radius 3 is 2.41 bits per heavy atom. The van der Waals surface area contributed by atoms with Crippen LogP contribution in [0.4, 0.5) is 11.6 Å².